The van der Waals surface area contributed by atoms with E-state index in [1.807, 2.05) is 0 Å². The molecule has 18 heavy (non-hydrogen) atoms. The molecule has 1 aliphatic rings. The second kappa shape index (κ2) is 6.91. The maximum Gasteiger partial charge on any atom is 0.0220 e. The standard InChI is InChI=1S/C16H34N2/c1-7-8-15(11-17-16(4,5)6)18-10-9-14(12-18)13(2)3/h13-15,17H,7-12H2,1-6H3. The van der Waals surface area contributed by atoms with Crippen molar-refractivity contribution in [2.75, 3.05) is 19.6 Å². The van der Waals surface area contributed by atoms with Gasteiger partial charge in [0.1, 0.15) is 0 Å². The third-order valence-electron chi connectivity index (χ3n) is 4.21. The molecule has 2 atom stereocenters. The fourth-order valence-electron chi connectivity index (χ4n) is 2.86. The van der Waals surface area contributed by atoms with Gasteiger partial charge in [-0.25, -0.2) is 0 Å². The van der Waals surface area contributed by atoms with E-state index < -0.39 is 0 Å². The minimum absolute atomic E-state index is 0.239. The first-order chi connectivity index (χ1) is 8.33. The van der Waals surface area contributed by atoms with Gasteiger partial charge in [0.25, 0.3) is 0 Å². The van der Waals surface area contributed by atoms with E-state index in [1.54, 1.807) is 0 Å². The molecule has 2 heteroatoms. The van der Waals surface area contributed by atoms with Gasteiger partial charge < -0.3 is 5.32 Å². The summed E-state index contributed by atoms with van der Waals surface area (Å²) in [6, 6.07) is 0.734. The van der Waals surface area contributed by atoms with Crippen LogP contribution in [-0.2, 0) is 0 Å². The highest BCUT2D eigenvalue weighted by Crippen LogP contribution is 2.26. The zero-order valence-electron chi connectivity index (χ0n) is 13.4. The van der Waals surface area contributed by atoms with E-state index >= 15 is 0 Å². The van der Waals surface area contributed by atoms with Crippen LogP contribution >= 0.6 is 0 Å². The Kier molecular flexibility index (Phi) is 6.13. The highest BCUT2D eigenvalue weighted by Gasteiger charge is 2.29. The SMILES string of the molecule is CCCC(CNC(C)(C)C)N1CCC(C(C)C)C1. The number of hydrogen-bond donors (Lipinski definition) is 1. The molecule has 1 heterocycles. The topological polar surface area (TPSA) is 15.3 Å². The maximum absolute atomic E-state index is 3.69. The van der Waals surface area contributed by atoms with Crippen molar-refractivity contribution < 1.29 is 0 Å². The first kappa shape index (κ1) is 16.0. The summed E-state index contributed by atoms with van der Waals surface area (Å²) >= 11 is 0. The van der Waals surface area contributed by atoms with Crippen molar-refractivity contribution in [3.63, 3.8) is 0 Å². The lowest BCUT2D eigenvalue weighted by Gasteiger charge is -2.32. The monoisotopic (exact) mass is 254 g/mol. The zero-order chi connectivity index (χ0) is 13.8. The van der Waals surface area contributed by atoms with Crippen LogP contribution in [-0.4, -0.2) is 36.1 Å². The molecule has 1 saturated heterocycles. The molecule has 108 valence electrons. The van der Waals surface area contributed by atoms with Crippen LogP contribution in [0.2, 0.25) is 0 Å². The molecule has 0 saturated carbocycles. The Balaban J connectivity index is 2.47. The van der Waals surface area contributed by atoms with E-state index in [4.69, 9.17) is 0 Å². The number of hydrogen-bond acceptors (Lipinski definition) is 2. The molecule has 1 aliphatic heterocycles. The first-order valence-electron chi connectivity index (χ1n) is 7.82. The van der Waals surface area contributed by atoms with Crippen LogP contribution in [0.3, 0.4) is 0 Å². The zero-order valence-corrected chi connectivity index (χ0v) is 13.4. The van der Waals surface area contributed by atoms with Gasteiger partial charge in [-0.15, -0.1) is 0 Å². The Morgan fingerprint density at radius 2 is 1.94 bits per heavy atom. The molecule has 1 N–H and O–H groups in total. The van der Waals surface area contributed by atoms with Gasteiger partial charge in [0.05, 0.1) is 0 Å². The van der Waals surface area contributed by atoms with Gasteiger partial charge in [-0.05, 0) is 52.0 Å². The maximum atomic E-state index is 3.69. The fraction of sp³-hybridized carbons (Fsp3) is 1.00. The van der Waals surface area contributed by atoms with Crippen molar-refractivity contribution in [1.29, 1.82) is 0 Å². The Morgan fingerprint density at radius 3 is 2.39 bits per heavy atom. The average Bonchev–Trinajstić information content (AvgIpc) is 2.72. The molecule has 0 aromatic rings. The minimum Gasteiger partial charge on any atom is -0.311 e. The van der Waals surface area contributed by atoms with Crippen LogP contribution < -0.4 is 5.32 Å². The van der Waals surface area contributed by atoms with Crippen LogP contribution in [0.4, 0.5) is 0 Å². The number of nitrogens with one attached hydrogen (secondary N) is 1. The van der Waals surface area contributed by atoms with E-state index in [2.05, 4.69) is 51.8 Å². The molecule has 0 aromatic carbocycles. The lowest BCUT2D eigenvalue weighted by molar-refractivity contribution is 0.197. The second-order valence-corrected chi connectivity index (χ2v) is 7.36. The predicted molar refractivity (Wildman–Crippen MR) is 81.0 cm³/mol. The fourth-order valence-corrected chi connectivity index (χ4v) is 2.86. The number of rotatable bonds is 6. The summed E-state index contributed by atoms with van der Waals surface area (Å²) in [6.07, 6.45) is 4.01. The van der Waals surface area contributed by atoms with Crippen LogP contribution in [0, 0.1) is 11.8 Å². The molecule has 0 radical (unpaired) electrons. The van der Waals surface area contributed by atoms with Crippen LogP contribution in [0.15, 0.2) is 0 Å². The molecule has 1 rings (SSSR count). The van der Waals surface area contributed by atoms with Crippen molar-refractivity contribution in [3.8, 4) is 0 Å². The Morgan fingerprint density at radius 1 is 1.28 bits per heavy atom. The third kappa shape index (κ3) is 5.27. The van der Waals surface area contributed by atoms with Crippen molar-refractivity contribution in [2.24, 2.45) is 11.8 Å². The second-order valence-electron chi connectivity index (χ2n) is 7.36. The van der Waals surface area contributed by atoms with E-state index in [0.717, 1.165) is 24.4 Å². The highest BCUT2D eigenvalue weighted by atomic mass is 15.2. The minimum atomic E-state index is 0.239. The van der Waals surface area contributed by atoms with Gasteiger partial charge in [-0.1, -0.05) is 27.2 Å². The van der Waals surface area contributed by atoms with Gasteiger partial charge in [0.15, 0.2) is 0 Å². The van der Waals surface area contributed by atoms with Gasteiger partial charge in [-0.2, -0.15) is 0 Å². The van der Waals surface area contributed by atoms with Gasteiger partial charge >= 0.3 is 0 Å². The molecule has 0 amide bonds. The summed E-state index contributed by atoms with van der Waals surface area (Å²) in [6.45, 7) is 17.6. The average molecular weight is 254 g/mol. The summed E-state index contributed by atoms with van der Waals surface area (Å²) in [5, 5.41) is 3.69. The van der Waals surface area contributed by atoms with Gasteiger partial charge in [0, 0.05) is 24.7 Å². The Bertz CT molecular complexity index is 230. The highest BCUT2D eigenvalue weighted by molar-refractivity contribution is 4.85. The summed E-state index contributed by atoms with van der Waals surface area (Å²) in [5.41, 5.74) is 0.239. The van der Waals surface area contributed by atoms with Gasteiger partial charge in [0.2, 0.25) is 0 Å². The molecule has 0 bridgehead atoms. The largest absolute Gasteiger partial charge is 0.311 e. The molecular formula is C16H34N2. The van der Waals surface area contributed by atoms with E-state index in [9.17, 15) is 0 Å². The predicted octanol–water partition coefficient (Wildman–Crippen LogP) is 3.52. The van der Waals surface area contributed by atoms with Crippen molar-refractivity contribution >= 4 is 0 Å². The molecule has 1 fully saturated rings. The smallest absolute Gasteiger partial charge is 0.0220 e. The normalized spacial score (nSPS) is 23.8. The quantitative estimate of drug-likeness (QED) is 0.780. The first-order valence-corrected chi connectivity index (χ1v) is 7.82. The van der Waals surface area contributed by atoms with Crippen molar-refractivity contribution in [1.82, 2.24) is 10.2 Å². The van der Waals surface area contributed by atoms with Crippen LogP contribution in [0.25, 0.3) is 0 Å². The summed E-state index contributed by atoms with van der Waals surface area (Å²) in [4.78, 5) is 2.73. The molecular weight excluding hydrogens is 220 g/mol. The summed E-state index contributed by atoms with van der Waals surface area (Å²) in [5.74, 6) is 1.76. The lowest BCUT2D eigenvalue weighted by Crippen LogP contribution is -2.47. The molecule has 2 unspecified atom stereocenters. The number of likely N-dealkylation sites (tertiary alicyclic amines) is 1. The number of nitrogens with zero attached hydrogens (tertiary/aromatic N) is 1. The lowest BCUT2D eigenvalue weighted by atomic mass is 9.95. The van der Waals surface area contributed by atoms with E-state index in [0.29, 0.717) is 0 Å². The van der Waals surface area contributed by atoms with Gasteiger partial charge in [-0.3, -0.25) is 4.90 Å². The van der Waals surface area contributed by atoms with Crippen molar-refractivity contribution in [3.05, 3.63) is 0 Å². The molecule has 0 aromatic heterocycles. The summed E-state index contributed by atoms with van der Waals surface area (Å²) < 4.78 is 0. The Labute approximate surface area is 115 Å². The molecule has 0 spiro atoms. The molecule has 0 aliphatic carbocycles. The van der Waals surface area contributed by atoms with Crippen LogP contribution in [0.5, 0.6) is 0 Å². The van der Waals surface area contributed by atoms with E-state index in [1.165, 1.54) is 32.4 Å². The van der Waals surface area contributed by atoms with Crippen molar-refractivity contribution in [2.45, 2.75) is 72.4 Å². The Hall–Kier alpha value is -0.0800. The molecule has 2 nitrogen and oxygen atoms in total. The van der Waals surface area contributed by atoms with Crippen LogP contribution in [0.1, 0.15) is 60.8 Å². The van der Waals surface area contributed by atoms with E-state index in [-0.39, 0.29) is 5.54 Å². The summed E-state index contributed by atoms with van der Waals surface area (Å²) in [7, 11) is 0. The third-order valence-corrected chi connectivity index (χ3v) is 4.21.